The van der Waals surface area contributed by atoms with Gasteiger partial charge in [0.15, 0.2) is 0 Å². The van der Waals surface area contributed by atoms with E-state index < -0.39 is 0 Å². The van der Waals surface area contributed by atoms with E-state index in [1.165, 1.54) is 0 Å². The normalized spacial score (nSPS) is 9.83. The lowest BCUT2D eigenvalue weighted by Crippen LogP contribution is -2.06. The number of para-hydroxylation sites is 2. The van der Waals surface area contributed by atoms with Gasteiger partial charge in [0.25, 0.3) is 0 Å². The molecule has 0 bridgehead atoms. The van der Waals surface area contributed by atoms with Crippen molar-refractivity contribution >= 4 is 22.9 Å². The minimum absolute atomic E-state index is 0.552. The van der Waals surface area contributed by atoms with Crippen LogP contribution in [0.5, 0.6) is 5.75 Å². The summed E-state index contributed by atoms with van der Waals surface area (Å²) in [5.74, 6) is 0.811. The molecule has 0 amide bonds. The van der Waals surface area contributed by atoms with Crippen LogP contribution in [-0.2, 0) is 6.61 Å². The molecule has 0 heterocycles. The number of hydrogen-bond donors (Lipinski definition) is 1. The molecule has 2 aromatic rings. The molecule has 2 nitrogen and oxygen atoms in total. The molecule has 92 valence electrons. The smallest absolute Gasteiger partial charge is 0.143 e. The quantitative estimate of drug-likeness (QED) is 0.836. The van der Waals surface area contributed by atoms with E-state index in [2.05, 4.69) is 5.32 Å². The summed E-state index contributed by atoms with van der Waals surface area (Å²) in [5, 5.41) is 3.12. The Hall–Kier alpha value is -1.87. The highest BCUT2D eigenvalue weighted by molar-refractivity contribution is 7.80. The third kappa shape index (κ3) is 3.57. The minimum Gasteiger partial charge on any atom is -0.487 e. The van der Waals surface area contributed by atoms with Crippen LogP contribution < -0.4 is 10.1 Å². The van der Waals surface area contributed by atoms with Gasteiger partial charge in [0.1, 0.15) is 12.4 Å². The van der Waals surface area contributed by atoms with E-state index in [-0.39, 0.29) is 0 Å². The molecular formula is C15H15NOS. The monoisotopic (exact) mass is 257 g/mol. The Labute approximate surface area is 113 Å². The van der Waals surface area contributed by atoms with Crippen molar-refractivity contribution < 1.29 is 4.74 Å². The number of thiocarbonyl (C=S) groups is 1. The second-order valence-electron chi connectivity index (χ2n) is 3.95. The van der Waals surface area contributed by atoms with Crippen LogP contribution in [0.25, 0.3) is 0 Å². The van der Waals surface area contributed by atoms with E-state index in [9.17, 15) is 0 Å². The Balaban J connectivity index is 2.07. The van der Waals surface area contributed by atoms with E-state index in [4.69, 9.17) is 17.0 Å². The van der Waals surface area contributed by atoms with Crippen LogP contribution in [0.1, 0.15) is 12.5 Å². The van der Waals surface area contributed by atoms with Crippen molar-refractivity contribution in [3.8, 4) is 5.75 Å². The lowest BCUT2D eigenvalue weighted by atomic mass is 10.2. The minimum atomic E-state index is 0.552. The molecule has 2 aromatic carbocycles. The van der Waals surface area contributed by atoms with Gasteiger partial charge in [0.2, 0.25) is 0 Å². The van der Waals surface area contributed by atoms with E-state index in [1.54, 1.807) is 0 Å². The Bertz CT molecular complexity index is 525. The number of hydrogen-bond acceptors (Lipinski definition) is 2. The number of ether oxygens (including phenoxy) is 1. The molecule has 18 heavy (non-hydrogen) atoms. The van der Waals surface area contributed by atoms with Crippen LogP contribution >= 0.6 is 12.2 Å². The summed E-state index contributed by atoms with van der Waals surface area (Å²) < 4.78 is 5.80. The molecule has 0 saturated heterocycles. The van der Waals surface area contributed by atoms with Crippen LogP contribution in [0.2, 0.25) is 0 Å². The van der Waals surface area contributed by atoms with Crippen LogP contribution in [0.4, 0.5) is 5.69 Å². The van der Waals surface area contributed by atoms with Crippen LogP contribution in [0.3, 0.4) is 0 Å². The summed E-state index contributed by atoms with van der Waals surface area (Å²) in [6.45, 7) is 2.40. The highest BCUT2D eigenvalue weighted by Gasteiger charge is 2.03. The van der Waals surface area contributed by atoms with Crippen molar-refractivity contribution in [3.05, 3.63) is 60.2 Å². The highest BCUT2D eigenvalue weighted by Crippen LogP contribution is 2.24. The molecule has 0 aliphatic carbocycles. The molecular weight excluding hydrogens is 242 g/mol. The molecule has 0 atom stereocenters. The van der Waals surface area contributed by atoms with Crippen LogP contribution in [0.15, 0.2) is 54.6 Å². The first-order valence-electron chi connectivity index (χ1n) is 5.79. The summed E-state index contributed by atoms with van der Waals surface area (Å²) in [7, 11) is 0. The Morgan fingerprint density at radius 2 is 1.72 bits per heavy atom. The fraction of sp³-hybridized carbons (Fsp3) is 0.133. The first-order chi connectivity index (χ1) is 8.75. The maximum atomic E-state index is 5.80. The Kier molecular flexibility index (Phi) is 4.31. The first-order valence-corrected chi connectivity index (χ1v) is 6.20. The third-order valence-corrected chi connectivity index (χ3v) is 2.54. The molecule has 1 N–H and O–H groups in total. The van der Waals surface area contributed by atoms with Crippen molar-refractivity contribution in [2.75, 3.05) is 5.32 Å². The maximum Gasteiger partial charge on any atom is 0.143 e. The molecule has 0 aliphatic heterocycles. The van der Waals surface area contributed by atoms with Gasteiger partial charge in [0, 0.05) is 0 Å². The van der Waals surface area contributed by atoms with Gasteiger partial charge in [-0.25, -0.2) is 0 Å². The van der Waals surface area contributed by atoms with Gasteiger partial charge in [0.05, 0.1) is 10.7 Å². The SMILES string of the molecule is CC(=S)Nc1ccccc1OCc1ccccc1. The molecule has 0 radical (unpaired) electrons. The lowest BCUT2D eigenvalue weighted by molar-refractivity contribution is 0.308. The second kappa shape index (κ2) is 6.17. The molecule has 0 saturated carbocycles. The molecule has 2 rings (SSSR count). The molecule has 3 heteroatoms. The van der Waals surface area contributed by atoms with Crippen molar-refractivity contribution in [1.29, 1.82) is 0 Å². The summed E-state index contributed by atoms with van der Waals surface area (Å²) in [5.41, 5.74) is 2.05. The molecule has 0 aromatic heterocycles. The summed E-state index contributed by atoms with van der Waals surface area (Å²) >= 11 is 5.05. The van der Waals surface area contributed by atoms with E-state index in [1.807, 2.05) is 61.5 Å². The predicted molar refractivity (Wildman–Crippen MR) is 79.1 cm³/mol. The zero-order chi connectivity index (χ0) is 12.8. The average molecular weight is 257 g/mol. The van der Waals surface area contributed by atoms with Gasteiger partial charge >= 0.3 is 0 Å². The Morgan fingerprint density at radius 1 is 1.06 bits per heavy atom. The second-order valence-corrected chi connectivity index (χ2v) is 4.56. The van der Waals surface area contributed by atoms with Gasteiger partial charge in [-0.3, -0.25) is 0 Å². The molecule has 0 unspecified atom stereocenters. The summed E-state index contributed by atoms with van der Waals surface area (Å²) in [4.78, 5) is 0.728. The molecule has 0 aliphatic rings. The molecule has 0 spiro atoms. The molecule has 0 fully saturated rings. The number of benzene rings is 2. The van der Waals surface area contributed by atoms with Gasteiger partial charge in [-0.05, 0) is 24.6 Å². The number of nitrogens with one attached hydrogen (secondary N) is 1. The van der Waals surface area contributed by atoms with Gasteiger partial charge in [-0.1, -0.05) is 54.7 Å². The summed E-state index contributed by atoms with van der Waals surface area (Å²) in [6, 6.07) is 17.9. The third-order valence-electron chi connectivity index (χ3n) is 2.43. The van der Waals surface area contributed by atoms with Gasteiger partial charge in [-0.15, -0.1) is 0 Å². The van der Waals surface area contributed by atoms with E-state index in [0.29, 0.717) is 6.61 Å². The van der Waals surface area contributed by atoms with Crippen LogP contribution in [-0.4, -0.2) is 4.99 Å². The lowest BCUT2D eigenvalue weighted by Gasteiger charge is -2.12. The predicted octanol–water partition coefficient (Wildman–Crippen LogP) is 4.02. The van der Waals surface area contributed by atoms with Crippen molar-refractivity contribution in [2.45, 2.75) is 13.5 Å². The highest BCUT2D eigenvalue weighted by atomic mass is 32.1. The first kappa shape index (κ1) is 12.6. The summed E-state index contributed by atoms with van der Waals surface area (Å²) in [6.07, 6.45) is 0. The number of anilines is 1. The average Bonchev–Trinajstić information content (AvgIpc) is 2.38. The van der Waals surface area contributed by atoms with E-state index >= 15 is 0 Å². The number of rotatable bonds is 4. The maximum absolute atomic E-state index is 5.80. The largest absolute Gasteiger partial charge is 0.487 e. The van der Waals surface area contributed by atoms with E-state index in [0.717, 1.165) is 22.0 Å². The standard InChI is InChI=1S/C15H15NOS/c1-12(18)16-14-9-5-6-10-15(14)17-11-13-7-3-2-4-8-13/h2-10H,11H2,1H3,(H,16,18). The van der Waals surface area contributed by atoms with Crippen LogP contribution in [0, 0.1) is 0 Å². The van der Waals surface area contributed by atoms with Crippen molar-refractivity contribution in [1.82, 2.24) is 0 Å². The van der Waals surface area contributed by atoms with Crippen molar-refractivity contribution in [3.63, 3.8) is 0 Å². The Morgan fingerprint density at radius 3 is 2.44 bits per heavy atom. The van der Waals surface area contributed by atoms with Crippen molar-refractivity contribution in [2.24, 2.45) is 0 Å². The topological polar surface area (TPSA) is 21.3 Å². The fourth-order valence-corrected chi connectivity index (χ4v) is 1.73. The zero-order valence-electron chi connectivity index (χ0n) is 10.2. The van der Waals surface area contributed by atoms with Gasteiger partial charge in [-0.2, -0.15) is 0 Å². The zero-order valence-corrected chi connectivity index (χ0v) is 11.0. The fourth-order valence-electron chi connectivity index (χ4n) is 1.62. The van der Waals surface area contributed by atoms with Gasteiger partial charge < -0.3 is 10.1 Å².